The number of carbonyl (C=O) groups is 1. The number of nitrogens with one attached hydrogen (secondary N) is 1. The third-order valence-corrected chi connectivity index (χ3v) is 7.55. The van der Waals surface area contributed by atoms with E-state index in [1.807, 2.05) is 0 Å². The Labute approximate surface area is 172 Å². The van der Waals surface area contributed by atoms with E-state index < -0.39 is 15.8 Å². The second kappa shape index (κ2) is 9.86. The average molecular weight is 427 g/mol. The van der Waals surface area contributed by atoms with Gasteiger partial charge in [0.2, 0.25) is 10.0 Å². The third kappa shape index (κ3) is 5.90. The van der Waals surface area contributed by atoms with Crippen LogP contribution in [0.25, 0.3) is 0 Å². The van der Waals surface area contributed by atoms with Crippen molar-refractivity contribution in [3.63, 3.8) is 0 Å². The van der Waals surface area contributed by atoms with Crippen molar-refractivity contribution in [3.05, 3.63) is 30.1 Å². The molecule has 1 aromatic rings. The lowest BCUT2D eigenvalue weighted by atomic mass is 10.0. The van der Waals surface area contributed by atoms with Crippen LogP contribution in [0.15, 0.2) is 29.2 Å². The third-order valence-electron chi connectivity index (χ3n) is 5.64. The van der Waals surface area contributed by atoms with Gasteiger partial charge in [0, 0.05) is 45.8 Å². The Bertz CT molecular complexity index is 787. The maximum atomic E-state index is 13.1. The lowest BCUT2D eigenvalue weighted by molar-refractivity contribution is 0.177. The van der Waals surface area contributed by atoms with Crippen LogP contribution in [0.2, 0.25) is 0 Å². The summed E-state index contributed by atoms with van der Waals surface area (Å²) < 4.78 is 40.0. The second-order valence-corrected chi connectivity index (χ2v) is 9.92. The van der Waals surface area contributed by atoms with Gasteiger partial charge in [-0.3, -0.25) is 0 Å². The Morgan fingerprint density at radius 3 is 2.59 bits per heavy atom. The number of carbonyl (C=O) groups excluding carboxylic acids is 1. The largest absolute Gasteiger partial charge is 0.337 e. The van der Waals surface area contributed by atoms with Crippen LogP contribution < -0.4 is 5.32 Å². The lowest BCUT2D eigenvalue weighted by Gasteiger charge is -2.31. The average Bonchev–Trinajstić information content (AvgIpc) is 2.95. The number of likely N-dealkylation sites (tertiary alicyclic amines) is 1. The van der Waals surface area contributed by atoms with Crippen LogP contribution in [0, 0.1) is 11.7 Å². The lowest BCUT2D eigenvalue weighted by Crippen LogP contribution is -2.46. The number of hydrogen-bond donors (Lipinski definition) is 1. The first-order valence-electron chi connectivity index (χ1n) is 10.4. The predicted molar refractivity (Wildman–Crippen MR) is 110 cm³/mol. The molecule has 0 saturated carbocycles. The van der Waals surface area contributed by atoms with Crippen molar-refractivity contribution in [2.24, 2.45) is 5.92 Å². The monoisotopic (exact) mass is 426 g/mol. The van der Waals surface area contributed by atoms with E-state index in [1.165, 1.54) is 29.3 Å². The molecule has 0 aromatic heterocycles. The van der Waals surface area contributed by atoms with Gasteiger partial charge in [-0.25, -0.2) is 17.6 Å². The summed E-state index contributed by atoms with van der Waals surface area (Å²) >= 11 is 0. The zero-order valence-corrected chi connectivity index (χ0v) is 17.8. The number of urea groups is 1. The molecule has 1 N–H and O–H groups in total. The molecule has 2 aliphatic heterocycles. The van der Waals surface area contributed by atoms with E-state index in [1.54, 1.807) is 4.90 Å². The van der Waals surface area contributed by atoms with Gasteiger partial charge in [0.25, 0.3) is 0 Å². The summed E-state index contributed by atoms with van der Waals surface area (Å²) in [6.07, 6.45) is 3.05. The second-order valence-electron chi connectivity index (χ2n) is 7.98. The van der Waals surface area contributed by atoms with E-state index in [9.17, 15) is 17.6 Å². The van der Waals surface area contributed by atoms with Gasteiger partial charge in [0.15, 0.2) is 0 Å². The molecule has 1 atom stereocenters. The summed E-state index contributed by atoms with van der Waals surface area (Å²) in [7, 11) is -3.69. The van der Waals surface area contributed by atoms with Gasteiger partial charge in [0.05, 0.1) is 4.90 Å². The van der Waals surface area contributed by atoms with Crippen LogP contribution in [0.4, 0.5) is 9.18 Å². The highest BCUT2D eigenvalue weighted by Crippen LogP contribution is 2.18. The highest BCUT2D eigenvalue weighted by molar-refractivity contribution is 7.89. The number of hydrogen-bond acceptors (Lipinski definition) is 4. The van der Waals surface area contributed by atoms with Gasteiger partial charge < -0.3 is 15.1 Å². The van der Waals surface area contributed by atoms with Crippen LogP contribution in [0.1, 0.15) is 26.2 Å². The molecule has 0 radical (unpaired) electrons. The van der Waals surface area contributed by atoms with E-state index in [-0.39, 0.29) is 17.5 Å². The number of halogens is 1. The molecule has 2 heterocycles. The molecule has 7 nitrogen and oxygen atoms in total. The highest BCUT2D eigenvalue weighted by atomic mass is 32.2. The molecule has 0 spiro atoms. The number of sulfonamides is 1. The minimum Gasteiger partial charge on any atom is -0.337 e. The summed E-state index contributed by atoms with van der Waals surface area (Å²) in [6, 6.07) is 4.71. The van der Waals surface area contributed by atoms with Gasteiger partial charge in [0.1, 0.15) is 5.82 Å². The molecule has 162 valence electrons. The van der Waals surface area contributed by atoms with Crippen molar-refractivity contribution in [2.75, 3.05) is 52.4 Å². The number of nitrogens with zero attached hydrogens (tertiary/aromatic N) is 3. The van der Waals surface area contributed by atoms with Gasteiger partial charge in [-0.05, 0) is 56.0 Å². The van der Waals surface area contributed by atoms with E-state index in [0.29, 0.717) is 38.5 Å². The molecular weight excluding hydrogens is 395 g/mol. The summed E-state index contributed by atoms with van der Waals surface area (Å²) in [5.74, 6) is 0.237. The van der Waals surface area contributed by atoms with E-state index >= 15 is 0 Å². The van der Waals surface area contributed by atoms with E-state index in [0.717, 1.165) is 31.8 Å². The fourth-order valence-electron chi connectivity index (χ4n) is 4.02. The molecule has 0 bridgehead atoms. The van der Waals surface area contributed by atoms with Crippen LogP contribution in [0.5, 0.6) is 0 Å². The van der Waals surface area contributed by atoms with Gasteiger partial charge in [-0.15, -0.1) is 0 Å². The first-order valence-corrected chi connectivity index (χ1v) is 11.8. The predicted octanol–water partition coefficient (Wildman–Crippen LogP) is 1.96. The fraction of sp³-hybridized carbons (Fsp3) is 0.650. The molecule has 9 heteroatoms. The van der Waals surface area contributed by atoms with Crippen LogP contribution in [0.3, 0.4) is 0 Å². The summed E-state index contributed by atoms with van der Waals surface area (Å²) in [6.45, 7) is 7.29. The number of piperidine rings is 1. The van der Waals surface area contributed by atoms with Gasteiger partial charge >= 0.3 is 6.03 Å². The Kier molecular flexibility index (Phi) is 7.48. The Morgan fingerprint density at radius 2 is 1.86 bits per heavy atom. The Morgan fingerprint density at radius 1 is 1.10 bits per heavy atom. The number of rotatable bonds is 5. The summed E-state index contributed by atoms with van der Waals surface area (Å²) in [5, 5.41) is 2.97. The van der Waals surface area contributed by atoms with Crippen molar-refractivity contribution in [1.82, 2.24) is 19.4 Å². The molecule has 2 amide bonds. The van der Waals surface area contributed by atoms with Crippen LogP contribution >= 0.6 is 0 Å². The standard InChI is InChI=1S/C20H31FN4O3S/c1-17-4-2-10-23(16-17)13-9-22-20(26)24-11-3-12-25(15-14-24)29(27,28)19-7-5-18(21)6-8-19/h5-8,17H,2-4,9-16H2,1H3,(H,22,26). The van der Waals surface area contributed by atoms with Crippen molar-refractivity contribution in [1.29, 1.82) is 0 Å². The quantitative estimate of drug-likeness (QED) is 0.781. The van der Waals surface area contributed by atoms with Crippen LogP contribution in [-0.4, -0.2) is 80.9 Å². The zero-order chi connectivity index (χ0) is 20.9. The Hall–Kier alpha value is -1.71. The first kappa shape index (κ1) is 22.0. The van der Waals surface area contributed by atoms with E-state index in [4.69, 9.17) is 0 Å². The first-order chi connectivity index (χ1) is 13.9. The topological polar surface area (TPSA) is 73.0 Å². The molecule has 2 saturated heterocycles. The Balaban J connectivity index is 1.48. The molecule has 2 aliphatic rings. The summed E-state index contributed by atoms with van der Waals surface area (Å²) in [5.41, 5.74) is 0. The van der Waals surface area contributed by atoms with Crippen molar-refractivity contribution < 1.29 is 17.6 Å². The molecule has 0 aliphatic carbocycles. The van der Waals surface area contributed by atoms with Crippen molar-refractivity contribution in [2.45, 2.75) is 31.1 Å². The highest BCUT2D eigenvalue weighted by Gasteiger charge is 2.28. The molecule has 1 unspecified atom stereocenters. The maximum absolute atomic E-state index is 13.1. The van der Waals surface area contributed by atoms with Gasteiger partial charge in [-0.2, -0.15) is 4.31 Å². The van der Waals surface area contributed by atoms with Crippen molar-refractivity contribution in [3.8, 4) is 0 Å². The summed E-state index contributed by atoms with van der Waals surface area (Å²) in [4.78, 5) is 16.6. The van der Waals surface area contributed by atoms with Crippen molar-refractivity contribution >= 4 is 16.1 Å². The molecular formula is C20H31FN4O3S. The minimum absolute atomic E-state index is 0.0764. The van der Waals surface area contributed by atoms with Gasteiger partial charge in [-0.1, -0.05) is 6.92 Å². The molecule has 1 aromatic carbocycles. The maximum Gasteiger partial charge on any atom is 0.317 e. The number of benzene rings is 1. The van der Waals surface area contributed by atoms with Crippen LogP contribution in [-0.2, 0) is 10.0 Å². The fourth-order valence-corrected chi connectivity index (χ4v) is 5.49. The van der Waals surface area contributed by atoms with E-state index in [2.05, 4.69) is 17.1 Å². The molecule has 2 fully saturated rings. The zero-order valence-electron chi connectivity index (χ0n) is 17.0. The number of amides is 2. The smallest absolute Gasteiger partial charge is 0.317 e. The SMILES string of the molecule is CC1CCCN(CCNC(=O)N2CCCN(S(=O)(=O)c3ccc(F)cc3)CC2)C1. The minimum atomic E-state index is -3.69. The molecule has 3 rings (SSSR count). The molecule has 29 heavy (non-hydrogen) atoms. The normalized spacial score (nSPS) is 22.3.